The summed E-state index contributed by atoms with van der Waals surface area (Å²) >= 11 is 0. The van der Waals surface area contributed by atoms with Crippen molar-refractivity contribution in [3.05, 3.63) is 153 Å². The molecular weight excluding hydrogens is 633 g/mol. The Balaban J connectivity index is 1.19. The number of nitriles is 1. The summed E-state index contributed by atoms with van der Waals surface area (Å²) in [5.74, 6) is 0.952. The van der Waals surface area contributed by atoms with Crippen molar-refractivity contribution in [1.29, 1.82) is 5.26 Å². The van der Waals surface area contributed by atoms with E-state index < -0.39 is 5.60 Å². The van der Waals surface area contributed by atoms with Crippen LogP contribution < -0.4 is 9.64 Å². The second-order valence-electron chi connectivity index (χ2n) is 16.5. The molecule has 1 saturated heterocycles. The van der Waals surface area contributed by atoms with Gasteiger partial charge in [0.1, 0.15) is 5.75 Å². The van der Waals surface area contributed by atoms with Gasteiger partial charge in [0.2, 0.25) is 0 Å². The minimum Gasteiger partial charge on any atom is -0.473 e. The number of ether oxygens (including phenoxy) is 1. The quantitative estimate of drug-likeness (QED) is 0.191. The number of benzene rings is 5. The molecule has 5 aliphatic rings. The van der Waals surface area contributed by atoms with Crippen LogP contribution in [0.3, 0.4) is 0 Å². The Morgan fingerprint density at radius 1 is 0.731 bits per heavy atom. The summed E-state index contributed by atoms with van der Waals surface area (Å²) in [7, 11) is 0. The highest BCUT2D eigenvalue weighted by molar-refractivity contribution is 6.08. The average molecular weight is 677 g/mol. The van der Waals surface area contributed by atoms with Gasteiger partial charge in [-0.1, -0.05) is 107 Å². The Labute approximate surface area is 307 Å². The Kier molecular flexibility index (Phi) is 6.70. The normalized spacial score (nSPS) is 21.8. The first-order chi connectivity index (χ1) is 25.2. The minimum atomic E-state index is -0.766. The van der Waals surface area contributed by atoms with E-state index in [-0.39, 0.29) is 10.8 Å². The van der Waals surface area contributed by atoms with Gasteiger partial charge in [0, 0.05) is 46.1 Å². The zero-order valence-corrected chi connectivity index (χ0v) is 30.6. The maximum atomic E-state index is 9.85. The van der Waals surface area contributed by atoms with Crippen molar-refractivity contribution in [2.75, 3.05) is 18.0 Å². The van der Waals surface area contributed by atoms with Crippen LogP contribution in [-0.4, -0.2) is 13.1 Å². The lowest BCUT2D eigenvalue weighted by Crippen LogP contribution is -2.37. The standard InChI is InChI=1S/C49H44N2O/c1-47(2)41-15-9-8-12-35(41)36-23-19-33(29-43(36)47)49(32-17-20-34(21-18-32)51-26-10-5-11-27-51)25-24-40-45-44(37-13-6-7-14-38(37)46(40)52-49)39-22-16-31(30-50)28-42(39)48(45,3)4/h6-9,12-18,20-22,24-25,28-29H,5,10-11,19,23,26-27H2,1-4H3. The molecule has 3 aliphatic carbocycles. The summed E-state index contributed by atoms with van der Waals surface area (Å²) in [6, 6.07) is 35.7. The van der Waals surface area contributed by atoms with Gasteiger partial charge in [-0.15, -0.1) is 0 Å². The van der Waals surface area contributed by atoms with Crippen LogP contribution in [0.25, 0.3) is 33.5 Å². The molecule has 0 saturated carbocycles. The number of piperidine rings is 1. The fourth-order valence-electron chi connectivity index (χ4n) is 10.4. The Morgan fingerprint density at radius 2 is 1.48 bits per heavy atom. The van der Waals surface area contributed by atoms with Crippen LogP contribution in [0.5, 0.6) is 5.75 Å². The van der Waals surface area contributed by atoms with E-state index in [1.54, 1.807) is 0 Å². The lowest BCUT2D eigenvalue weighted by atomic mass is 9.72. The zero-order valence-electron chi connectivity index (χ0n) is 30.6. The monoisotopic (exact) mass is 676 g/mol. The number of fused-ring (bicyclic) bond motifs is 10. The van der Waals surface area contributed by atoms with E-state index in [9.17, 15) is 5.26 Å². The fourth-order valence-corrected chi connectivity index (χ4v) is 10.4. The molecule has 52 heavy (non-hydrogen) atoms. The van der Waals surface area contributed by atoms with E-state index in [1.807, 2.05) is 6.07 Å². The molecule has 0 radical (unpaired) electrons. The third kappa shape index (κ3) is 4.24. The van der Waals surface area contributed by atoms with Gasteiger partial charge in [-0.05, 0) is 118 Å². The molecule has 0 amide bonds. The summed E-state index contributed by atoms with van der Waals surface area (Å²) in [4.78, 5) is 2.54. The lowest BCUT2D eigenvalue weighted by Gasteiger charge is -2.41. The van der Waals surface area contributed by atoms with Gasteiger partial charge < -0.3 is 9.64 Å². The zero-order chi connectivity index (χ0) is 35.4. The van der Waals surface area contributed by atoms with Crippen molar-refractivity contribution in [3.8, 4) is 22.9 Å². The molecule has 1 unspecified atom stereocenters. The van der Waals surface area contributed by atoms with Crippen molar-refractivity contribution in [2.45, 2.75) is 76.2 Å². The first-order valence-corrected chi connectivity index (χ1v) is 19.1. The number of hydrogen-bond donors (Lipinski definition) is 0. The number of rotatable bonds is 3. The molecule has 0 bridgehead atoms. The van der Waals surface area contributed by atoms with Crippen LogP contribution in [0.4, 0.5) is 5.69 Å². The molecule has 0 spiro atoms. The summed E-state index contributed by atoms with van der Waals surface area (Å²) < 4.78 is 7.76. The van der Waals surface area contributed by atoms with E-state index in [1.165, 1.54) is 86.0 Å². The van der Waals surface area contributed by atoms with Crippen molar-refractivity contribution < 1.29 is 4.74 Å². The molecule has 10 rings (SSSR count). The Hall–Kier alpha value is -5.33. The maximum absolute atomic E-state index is 9.85. The van der Waals surface area contributed by atoms with Crippen LogP contribution in [0.15, 0.2) is 114 Å². The Bertz CT molecular complexity index is 2480. The van der Waals surface area contributed by atoms with Gasteiger partial charge in [0.15, 0.2) is 5.60 Å². The topological polar surface area (TPSA) is 36.3 Å². The summed E-state index contributed by atoms with van der Waals surface area (Å²) in [6.07, 6.45) is 13.0. The summed E-state index contributed by atoms with van der Waals surface area (Å²) in [5.41, 5.74) is 15.2. The molecule has 0 aromatic heterocycles. The number of nitrogens with zero attached hydrogens (tertiary/aromatic N) is 2. The van der Waals surface area contributed by atoms with Crippen molar-refractivity contribution in [2.24, 2.45) is 0 Å². The largest absolute Gasteiger partial charge is 0.473 e. The van der Waals surface area contributed by atoms with Gasteiger partial charge in [0.25, 0.3) is 0 Å². The molecule has 5 aromatic rings. The molecule has 2 heterocycles. The molecular formula is C49H44N2O. The smallest absolute Gasteiger partial charge is 0.174 e. The number of allylic oxidation sites excluding steroid dienone is 3. The lowest BCUT2D eigenvalue weighted by molar-refractivity contribution is 0.154. The SMILES string of the molecule is CC1(C)C2=C(CCC(C3(c4ccc(N5CCCCC5)cc4)C=Cc4c5c(c6ccccc6c4O3)-c3ccc(C#N)cc3C5(C)C)=C2)c2ccccc21. The molecule has 2 aliphatic heterocycles. The third-order valence-corrected chi connectivity index (χ3v) is 13.1. The van der Waals surface area contributed by atoms with Crippen LogP contribution in [0, 0.1) is 11.3 Å². The van der Waals surface area contributed by atoms with Gasteiger partial charge in [-0.2, -0.15) is 5.26 Å². The third-order valence-electron chi connectivity index (χ3n) is 13.1. The van der Waals surface area contributed by atoms with E-state index >= 15 is 0 Å². The first kappa shape index (κ1) is 31.4. The van der Waals surface area contributed by atoms with Gasteiger partial charge >= 0.3 is 0 Å². The van der Waals surface area contributed by atoms with Gasteiger partial charge in [-0.25, -0.2) is 0 Å². The second-order valence-corrected chi connectivity index (χ2v) is 16.5. The van der Waals surface area contributed by atoms with Crippen LogP contribution >= 0.6 is 0 Å². The summed E-state index contributed by atoms with van der Waals surface area (Å²) in [5, 5.41) is 12.2. The molecule has 3 nitrogen and oxygen atoms in total. The molecule has 1 atom stereocenters. The van der Waals surface area contributed by atoms with Gasteiger partial charge in [0.05, 0.1) is 11.6 Å². The minimum absolute atomic E-state index is 0.0845. The van der Waals surface area contributed by atoms with Gasteiger partial charge in [-0.3, -0.25) is 0 Å². The number of anilines is 1. The molecule has 3 heteroatoms. The fraction of sp³-hybridized carbons (Fsp3) is 0.286. The molecule has 1 fully saturated rings. The van der Waals surface area contributed by atoms with E-state index in [4.69, 9.17) is 4.74 Å². The van der Waals surface area contributed by atoms with E-state index in [0.29, 0.717) is 5.56 Å². The van der Waals surface area contributed by atoms with Crippen LogP contribution in [-0.2, 0) is 16.4 Å². The summed E-state index contributed by atoms with van der Waals surface area (Å²) in [6.45, 7) is 11.6. The van der Waals surface area contributed by atoms with E-state index in [0.717, 1.165) is 42.6 Å². The second kappa shape index (κ2) is 11.1. The van der Waals surface area contributed by atoms with Crippen LogP contribution in [0.1, 0.15) is 98.7 Å². The predicted molar refractivity (Wildman–Crippen MR) is 214 cm³/mol. The van der Waals surface area contributed by atoms with Crippen molar-refractivity contribution in [3.63, 3.8) is 0 Å². The first-order valence-electron chi connectivity index (χ1n) is 19.1. The Morgan fingerprint density at radius 3 is 2.27 bits per heavy atom. The number of hydrogen-bond acceptors (Lipinski definition) is 3. The van der Waals surface area contributed by atoms with E-state index in [2.05, 4.69) is 142 Å². The predicted octanol–water partition coefficient (Wildman–Crippen LogP) is 11.8. The maximum Gasteiger partial charge on any atom is 0.174 e. The van der Waals surface area contributed by atoms with Crippen molar-refractivity contribution >= 4 is 28.1 Å². The highest BCUT2D eigenvalue weighted by atomic mass is 16.5. The highest BCUT2D eigenvalue weighted by Gasteiger charge is 2.47. The molecule has 5 aromatic carbocycles. The molecule has 256 valence electrons. The average Bonchev–Trinajstić information content (AvgIpc) is 3.57. The highest BCUT2D eigenvalue weighted by Crippen LogP contribution is 2.60. The van der Waals surface area contributed by atoms with Crippen LogP contribution in [0.2, 0.25) is 0 Å². The van der Waals surface area contributed by atoms with Crippen molar-refractivity contribution in [1.82, 2.24) is 0 Å². The molecule has 0 N–H and O–H groups in total.